The summed E-state index contributed by atoms with van der Waals surface area (Å²) in [5.41, 5.74) is 1.02. The van der Waals surface area contributed by atoms with Gasteiger partial charge in [-0.3, -0.25) is 0 Å². The number of aromatic nitrogens is 1. The van der Waals surface area contributed by atoms with Crippen LogP contribution in [0.15, 0.2) is 34.9 Å². The van der Waals surface area contributed by atoms with Crippen molar-refractivity contribution in [1.29, 1.82) is 0 Å². The summed E-state index contributed by atoms with van der Waals surface area (Å²) in [4.78, 5) is 4.15. The Hall–Kier alpha value is -1.81. The van der Waals surface area contributed by atoms with E-state index in [9.17, 15) is 5.11 Å². The largest absolute Gasteiger partial charge is 0.508 e. The Morgan fingerprint density at radius 1 is 1.29 bits per heavy atom. The second-order valence-electron chi connectivity index (χ2n) is 4.12. The van der Waals surface area contributed by atoms with Crippen LogP contribution in [0.5, 0.6) is 5.75 Å². The first-order chi connectivity index (χ1) is 8.13. The number of benzene rings is 1. The van der Waals surface area contributed by atoms with E-state index in [0.29, 0.717) is 24.5 Å². The van der Waals surface area contributed by atoms with Gasteiger partial charge in [0.05, 0.1) is 12.3 Å². The van der Waals surface area contributed by atoms with E-state index in [1.165, 1.54) is 0 Å². The number of aliphatic hydroxyl groups excluding tert-OH is 1. The third-order valence-corrected chi connectivity index (χ3v) is 2.39. The molecule has 4 nitrogen and oxygen atoms in total. The summed E-state index contributed by atoms with van der Waals surface area (Å²) >= 11 is 0. The molecule has 90 valence electrons. The monoisotopic (exact) mass is 233 g/mol. The van der Waals surface area contributed by atoms with E-state index in [4.69, 9.17) is 9.52 Å². The summed E-state index contributed by atoms with van der Waals surface area (Å²) in [6, 6.07) is 6.92. The first kappa shape index (κ1) is 11.7. The van der Waals surface area contributed by atoms with E-state index < -0.39 is 6.10 Å². The summed E-state index contributed by atoms with van der Waals surface area (Å²) in [5.74, 6) is 1.55. The molecule has 0 spiro atoms. The predicted molar refractivity (Wildman–Crippen MR) is 62.8 cm³/mol. The van der Waals surface area contributed by atoms with Crippen molar-refractivity contribution in [3.8, 4) is 5.75 Å². The Labute approximate surface area is 99.6 Å². The van der Waals surface area contributed by atoms with E-state index in [0.717, 1.165) is 5.56 Å². The lowest BCUT2D eigenvalue weighted by Crippen LogP contribution is -2.02. The molecule has 0 saturated heterocycles. The van der Waals surface area contributed by atoms with Gasteiger partial charge in [0.15, 0.2) is 5.89 Å². The molecule has 0 amide bonds. The van der Waals surface area contributed by atoms with Gasteiger partial charge in [-0.1, -0.05) is 12.1 Å². The van der Waals surface area contributed by atoms with Gasteiger partial charge in [0.25, 0.3) is 0 Å². The van der Waals surface area contributed by atoms with Crippen LogP contribution in [0.2, 0.25) is 0 Å². The van der Waals surface area contributed by atoms with Gasteiger partial charge < -0.3 is 14.6 Å². The average molecular weight is 233 g/mol. The molecule has 1 heterocycles. The average Bonchev–Trinajstić information content (AvgIpc) is 2.68. The van der Waals surface area contributed by atoms with Crippen LogP contribution in [0, 0.1) is 0 Å². The lowest BCUT2D eigenvalue weighted by atomic mass is 10.1. The van der Waals surface area contributed by atoms with Gasteiger partial charge in [0.2, 0.25) is 0 Å². The van der Waals surface area contributed by atoms with Crippen LogP contribution >= 0.6 is 0 Å². The zero-order chi connectivity index (χ0) is 12.3. The zero-order valence-corrected chi connectivity index (χ0v) is 9.63. The summed E-state index contributed by atoms with van der Waals surface area (Å²) in [7, 11) is 0. The highest BCUT2D eigenvalue weighted by Crippen LogP contribution is 2.14. The van der Waals surface area contributed by atoms with E-state index in [-0.39, 0.29) is 5.75 Å². The third kappa shape index (κ3) is 3.32. The number of nitrogens with zero attached hydrogens (tertiary/aromatic N) is 1. The lowest BCUT2D eigenvalue weighted by Gasteiger charge is -1.99. The molecule has 1 unspecified atom stereocenters. The van der Waals surface area contributed by atoms with Gasteiger partial charge in [0, 0.05) is 12.8 Å². The summed E-state index contributed by atoms with van der Waals surface area (Å²) < 4.78 is 5.50. The molecule has 4 heteroatoms. The minimum Gasteiger partial charge on any atom is -0.508 e. The number of rotatable bonds is 4. The van der Waals surface area contributed by atoms with Crippen molar-refractivity contribution in [2.45, 2.75) is 25.9 Å². The number of phenols is 1. The maximum Gasteiger partial charge on any atom is 0.198 e. The van der Waals surface area contributed by atoms with Crippen LogP contribution in [0.4, 0.5) is 0 Å². The summed E-state index contributed by atoms with van der Waals surface area (Å²) in [5, 5.41) is 18.4. The Kier molecular flexibility index (Phi) is 3.44. The molecule has 2 N–H and O–H groups in total. The predicted octanol–water partition coefficient (Wildman–Crippen LogP) is 1.89. The van der Waals surface area contributed by atoms with Gasteiger partial charge in [-0.05, 0) is 24.6 Å². The van der Waals surface area contributed by atoms with E-state index in [1.807, 2.05) is 12.1 Å². The Morgan fingerprint density at radius 3 is 2.65 bits per heavy atom. The Bertz CT molecular complexity index is 474. The highest BCUT2D eigenvalue weighted by Gasteiger charge is 2.07. The molecular weight excluding hydrogens is 218 g/mol. The first-order valence-electron chi connectivity index (χ1n) is 5.53. The second kappa shape index (κ2) is 5.01. The normalized spacial score (nSPS) is 12.6. The van der Waals surface area contributed by atoms with Crippen molar-refractivity contribution in [3.63, 3.8) is 0 Å². The quantitative estimate of drug-likeness (QED) is 0.846. The maximum atomic E-state index is 9.22. The molecule has 1 aromatic heterocycles. The molecule has 0 aliphatic rings. The van der Waals surface area contributed by atoms with Gasteiger partial charge in [-0.2, -0.15) is 0 Å². The van der Waals surface area contributed by atoms with Gasteiger partial charge >= 0.3 is 0 Å². The van der Waals surface area contributed by atoms with Crippen LogP contribution in [-0.2, 0) is 12.8 Å². The molecule has 0 saturated carbocycles. The molecule has 0 fully saturated rings. The molecule has 1 atom stereocenters. The van der Waals surface area contributed by atoms with Crippen molar-refractivity contribution >= 4 is 0 Å². The topological polar surface area (TPSA) is 66.5 Å². The van der Waals surface area contributed by atoms with Gasteiger partial charge in [0.1, 0.15) is 11.5 Å². The number of phenolic OH excluding ortho intramolecular Hbond substituents is 1. The zero-order valence-electron chi connectivity index (χ0n) is 9.63. The van der Waals surface area contributed by atoms with E-state index >= 15 is 0 Å². The van der Waals surface area contributed by atoms with Crippen molar-refractivity contribution in [1.82, 2.24) is 4.98 Å². The number of hydrogen-bond acceptors (Lipinski definition) is 4. The minimum atomic E-state index is -0.426. The number of aliphatic hydroxyl groups is 1. The van der Waals surface area contributed by atoms with E-state index in [1.54, 1.807) is 25.3 Å². The number of aromatic hydroxyl groups is 1. The molecule has 2 rings (SSSR count). The third-order valence-electron chi connectivity index (χ3n) is 2.39. The van der Waals surface area contributed by atoms with Crippen LogP contribution in [0.1, 0.15) is 24.1 Å². The fourth-order valence-electron chi connectivity index (χ4n) is 1.60. The minimum absolute atomic E-state index is 0.246. The SMILES string of the molecule is CC(O)Cc1cnc(Cc2ccc(O)cc2)o1. The fourth-order valence-corrected chi connectivity index (χ4v) is 1.60. The first-order valence-corrected chi connectivity index (χ1v) is 5.53. The highest BCUT2D eigenvalue weighted by molar-refractivity contribution is 5.27. The molecule has 0 radical (unpaired) electrons. The van der Waals surface area contributed by atoms with Crippen molar-refractivity contribution in [3.05, 3.63) is 47.7 Å². The summed E-state index contributed by atoms with van der Waals surface area (Å²) in [6.07, 6.45) is 2.27. The molecule has 0 aliphatic heterocycles. The lowest BCUT2D eigenvalue weighted by molar-refractivity contribution is 0.186. The van der Waals surface area contributed by atoms with Crippen LogP contribution in [0.3, 0.4) is 0 Å². The van der Waals surface area contributed by atoms with Crippen molar-refractivity contribution in [2.24, 2.45) is 0 Å². The van der Waals surface area contributed by atoms with E-state index in [2.05, 4.69) is 4.98 Å². The van der Waals surface area contributed by atoms with Crippen LogP contribution in [0.25, 0.3) is 0 Å². The molecular formula is C13H15NO3. The Balaban J connectivity index is 2.03. The van der Waals surface area contributed by atoms with Gasteiger partial charge in [-0.25, -0.2) is 4.98 Å². The maximum absolute atomic E-state index is 9.22. The summed E-state index contributed by atoms with van der Waals surface area (Å²) in [6.45, 7) is 1.71. The molecule has 0 aliphatic carbocycles. The van der Waals surface area contributed by atoms with Gasteiger partial charge in [-0.15, -0.1) is 0 Å². The van der Waals surface area contributed by atoms with Crippen LogP contribution in [-0.4, -0.2) is 21.3 Å². The number of oxazole rings is 1. The molecule has 2 aromatic rings. The molecule has 1 aromatic carbocycles. The van der Waals surface area contributed by atoms with Crippen LogP contribution < -0.4 is 0 Å². The highest BCUT2D eigenvalue weighted by atomic mass is 16.4. The number of hydrogen-bond donors (Lipinski definition) is 2. The molecule has 0 bridgehead atoms. The Morgan fingerprint density at radius 2 is 2.00 bits per heavy atom. The fraction of sp³-hybridized carbons (Fsp3) is 0.308. The second-order valence-corrected chi connectivity index (χ2v) is 4.12. The molecule has 17 heavy (non-hydrogen) atoms. The smallest absolute Gasteiger partial charge is 0.198 e. The van der Waals surface area contributed by atoms with Crippen molar-refractivity contribution < 1.29 is 14.6 Å². The standard InChI is InChI=1S/C13H15NO3/c1-9(15)6-12-8-14-13(17-12)7-10-2-4-11(16)5-3-10/h2-5,8-9,15-16H,6-7H2,1H3. The van der Waals surface area contributed by atoms with Crippen molar-refractivity contribution in [2.75, 3.05) is 0 Å².